The van der Waals surface area contributed by atoms with E-state index in [-0.39, 0.29) is 16.5 Å². The van der Waals surface area contributed by atoms with Crippen molar-refractivity contribution in [2.75, 3.05) is 6.54 Å². The third-order valence-electron chi connectivity index (χ3n) is 3.95. The van der Waals surface area contributed by atoms with Crippen molar-refractivity contribution in [1.29, 1.82) is 0 Å². The van der Waals surface area contributed by atoms with Gasteiger partial charge in [-0.15, -0.1) is 0 Å². The molecule has 0 aliphatic carbocycles. The molecule has 2 amide bonds. The maximum atomic E-state index is 12.4. The zero-order valence-corrected chi connectivity index (χ0v) is 14.8. The van der Waals surface area contributed by atoms with Crippen LogP contribution >= 0.6 is 11.6 Å². The van der Waals surface area contributed by atoms with Gasteiger partial charge in [0.25, 0.3) is 15.9 Å². The molecule has 8 heteroatoms. The van der Waals surface area contributed by atoms with Gasteiger partial charge in [0.1, 0.15) is 11.4 Å². The molecule has 130 valence electrons. The molecule has 0 unspecified atom stereocenters. The minimum absolute atomic E-state index is 0.0708. The molecule has 6 nitrogen and oxygen atoms in total. The number of benzene rings is 2. The minimum atomic E-state index is -3.99. The van der Waals surface area contributed by atoms with E-state index < -0.39 is 28.4 Å². The Bertz CT molecular complexity index is 941. The van der Waals surface area contributed by atoms with Crippen LogP contribution in [0.1, 0.15) is 28.9 Å². The van der Waals surface area contributed by atoms with E-state index in [0.717, 1.165) is 5.56 Å². The zero-order valence-electron chi connectivity index (χ0n) is 13.3. The van der Waals surface area contributed by atoms with Crippen LogP contribution in [0, 0.1) is 0 Å². The molecule has 25 heavy (non-hydrogen) atoms. The summed E-state index contributed by atoms with van der Waals surface area (Å²) < 4.78 is 25.5. The number of fused-ring (bicyclic) bond motifs is 1. The van der Waals surface area contributed by atoms with Gasteiger partial charge in [0.2, 0.25) is 5.91 Å². The van der Waals surface area contributed by atoms with Crippen LogP contribution in [0.4, 0.5) is 0 Å². The van der Waals surface area contributed by atoms with Crippen molar-refractivity contribution in [2.24, 2.45) is 0 Å². The minimum Gasteiger partial charge on any atom is -0.348 e. The topological polar surface area (TPSA) is 83.6 Å². The van der Waals surface area contributed by atoms with Gasteiger partial charge in [-0.1, -0.05) is 35.9 Å². The number of nitrogens with one attached hydrogen (secondary N) is 1. The molecule has 1 N–H and O–H groups in total. The highest BCUT2D eigenvalue weighted by atomic mass is 35.5. The first-order valence-corrected chi connectivity index (χ1v) is 9.33. The normalized spacial score (nSPS) is 16.4. The summed E-state index contributed by atoms with van der Waals surface area (Å²) in [5.41, 5.74) is 0.901. The first kappa shape index (κ1) is 17.4. The summed E-state index contributed by atoms with van der Waals surface area (Å²) in [6.07, 6.45) is 0. The molecule has 0 saturated heterocycles. The number of carbonyl (C=O) groups is 2. The summed E-state index contributed by atoms with van der Waals surface area (Å²) in [4.78, 5) is 24.5. The molecule has 0 spiro atoms. The van der Waals surface area contributed by atoms with E-state index in [1.807, 2.05) is 0 Å². The Balaban J connectivity index is 1.73. The number of halogens is 1. The second kappa shape index (κ2) is 6.50. The van der Waals surface area contributed by atoms with Gasteiger partial charge in [0.15, 0.2) is 0 Å². The maximum Gasteiger partial charge on any atom is 0.269 e. The van der Waals surface area contributed by atoms with Crippen LogP contribution in [0.15, 0.2) is 53.4 Å². The molecular formula is C17H15ClN2O4S. The molecule has 1 aliphatic heterocycles. The van der Waals surface area contributed by atoms with Gasteiger partial charge >= 0.3 is 0 Å². The Hall–Kier alpha value is -2.38. The number of carbonyl (C=O) groups excluding carboxylic acids is 2. The second-order valence-electron chi connectivity index (χ2n) is 5.65. The van der Waals surface area contributed by atoms with Crippen LogP contribution in [-0.4, -0.2) is 31.1 Å². The lowest BCUT2D eigenvalue weighted by Crippen LogP contribution is -2.41. The van der Waals surface area contributed by atoms with Crippen molar-refractivity contribution in [3.63, 3.8) is 0 Å². The molecule has 0 fully saturated rings. The van der Waals surface area contributed by atoms with Gasteiger partial charge in [-0.3, -0.25) is 9.59 Å². The standard InChI is InChI=1S/C17H15ClN2O4S/c1-11(12-6-8-13(18)9-7-12)19-16(21)10-20-17(22)14-4-2-3-5-15(14)25(20,23)24/h2-9,11H,10H2,1H3,(H,19,21)/t11-/m0/s1. The molecule has 0 aromatic heterocycles. The Morgan fingerprint density at radius 2 is 1.80 bits per heavy atom. The lowest BCUT2D eigenvalue weighted by atomic mass is 10.1. The first-order chi connectivity index (χ1) is 11.8. The molecular weight excluding hydrogens is 364 g/mol. The maximum absolute atomic E-state index is 12.4. The summed E-state index contributed by atoms with van der Waals surface area (Å²) >= 11 is 5.83. The van der Waals surface area contributed by atoms with Crippen molar-refractivity contribution >= 4 is 33.4 Å². The van der Waals surface area contributed by atoms with Crippen LogP contribution in [-0.2, 0) is 14.8 Å². The molecule has 0 bridgehead atoms. The average Bonchev–Trinajstić information content (AvgIpc) is 2.77. The van der Waals surface area contributed by atoms with Crippen molar-refractivity contribution in [2.45, 2.75) is 17.9 Å². The van der Waals surface area contributed by atoms with E-state index in [4.69, 9.17) is 11.6 Å². The summed E-state index contributed by atoms with van der Waals surface area (Å²) in [7, 11) is -3.99. The Morgan fingerprint density at radius 3 is 2.44 bits per heavy atom. The third-order valence-corrected chi connectivity index (χ3v) is 5.99. The van der Waals surface area contributed by atoms with Crippen LogP contribution < -0.4 is 5.32 Å². The van der Waals surface area contributed by atoms with E-state index in [1.54, 1.807) is 37.3 Å². The van der Waals surface area contributed by atoms with Gasteiger partial charge in [-0.2, -0.15) is 0 Å². The SMILES string of the molecule is C[C@H](NC(=O)CN1C(=O)c2ccccc2S1(=O)=O)c1ccc(Cl)cc1. The Labute approximate surface area is 150 Å². The second-order valence-corrected chi connectivity index (χ2v) is 7.92. The van der Waals surface area contributed by atoms with Gasteiger partial charge in [-0.05, 0) is 36.8 Å². The van der Waals surface area contributed by atoms with Crippen LogP contribution in [0.2, 0.25) is 5.02 Å². The lowest BCUT2D eigenvalue weighted by Gasteiger charge is -2.18. The first-order valence-electron chi connectivity index (χ1n) is 7.51. The highest BCUT2D eigenvalue weighted by Crippen LogP contribution is 2.29. The molecule has 1 atom stereocenters. The van der Waals surface area contributed by atoms with Crippen molar-refractivity contribution in [1.82, 2.24) is 9.62 Å². The van der Waals surface area contributed by atoms with Crippen LogP contribution in [0.5, 0.6) is 0 Å². The zero-order chi connectivity index (χ0) is 18.2. The smallest absolute Gasteiger partial charge is 0.269 e. The van der Waals surface area contributed by atoms with E-state index in [9.17, 15) is 18.0 Å². The lowest BCUT2D eigenvalue weighted by molar-refractivity contribution is -0.121. The fraction of sp³-hybridized carbons (Fsp3) is 0.176. The number of hydrogen-bond acceptors (Lipinski definition) is 4. The van der Waals surface area contributed by atoms with Crippen molar-refractivity contribution < 1.29 is 18.0 Å². The van der Waals surface area contributed by atoms with Crippen LogP contribution in [0.3, 0.4) is 0 Å². The fourth-order valence-electron chi connectivity index (χ4n) is 2.64. The molecule has 0 radical (unpaired) electrons. The van der Waals surface area contributed by atoms with Gasteiger partial charge in [0, 0.05) is 5.02 Å². The Kier molecular flexibility index (Phi) is 4.53. The molecule has 2 aromatic carbocycles. The average molecular weight is 379 g/mol. The number of sulfonamides is 1. The van der Waals surface area contributed by atoms with Gasteiger partial charge in [0.05, 0.1) is 11.6 Å². The Morgan fingerprint density at radius 1 is 1.16 bits per heavy atom. The number of amides is 2. The van der Waals surface area contributed by atoms with Gasteiger partial charge in [-0.25, -0.2) is 12.7 Å². The van der Waals surface area contributed by atoms with E-state index >= 15 is 0 Å². The van der Waals surface area contributed by atoms with Gasteiger partial charge < -0.3 is 5.32 Å². The fourth-order valence-corrected chi connectivity index (χ4v) is 4.29. The monoisotopic (exact) mass is 378 g/mol. The van der Waals surface area contributed by atoms with E-state index in [1.165, 1.54) is 18.2 Å². The van der Waals surface area contributed by atoms with Crippen molar-refractivity contribution in [3.8, 4) is 0 Å². The largest absolute Gasteiger partial charge is 0.348 e. The summed E-state index contributed by atoms with van der Waals surface area (Å²) in [5, 5.41) is 3.26. The molecule has 3 rings (SSSR count). The molecule has 1 aliphatic rings. The third kappa shape index (κ3) is 3.25. The predicted octanol–water partition coefficient (Wildman–Crippen LogP) is 2.36. The van der Waals surface area contributed by atoms with E-state index in [0.29, 0.717) is 9.33 Å². The molecule has 0 saturated carbocycles. The molecule has 1 heterocycles. The highest BCUT2D eigenvalue weighted by molar-refractivity contribution is 7.90. The number of hydrogen-bond donors (Lipinski definition) is 1. The number of rotatable bonds is 4. The summed E-state index contributed by atoms with van der Waals surface area (Å²) in [6, 6.07) is 12.5. The van der Waals surface area contributed by atoms with Crippen molar-refractivity contribution in [3.05, 3.63) is 64.7 Å². The van der Waals surface area contributed by atoms with E-state index in [2.05, 4.69) is 5.32 Å². The predicted molar refractivity (Wildman–Crippen MR) is 92.7 cm³/mol. The van der Waals surface area contributed by atoms with Crippen LogP contribution in [0.25, 0.3) is 0 Å². The molecule has 2 aromatic rings. The number of nitrogens with zero attached hydrogens (tertiary/aromatic N) is 1. The quantitative estimate of drug-likeness (QED) is 0.885. The summed E-state index contributed by atoms with van der Waals surface area (Å²) in [5.74, 6) is -1.25. The summed E-state index contributed by atoms with van der Waals surface area (Å²) in [6.45, 7) is 1.20. The highest BCUT2D eigenvalue weighted by Gasteiger charge is 2.41.